The maximum atomic E-state index is 5.80. The highest BCUT2D eigenvalue weighted by molar-refractivity contribution is 5.33. The van der Waals surface area contributed by atoms with E-state index in [1.54, 1.807) is 12.5 Å². The van der Waals surface area contributed by atoms with Crippen molar-refractivity contribution in [1.82, 2.24) is 10.2 Å². The quantitative estimate of drug-likeness (QED) is 0.688. The van der Waals surface area contributed by atoms with E-state index in [4.69, 9.17) is 9.47 Å². The molecular weight excluding hydrogens is 276 g/mol. The predicted octanol–water partition coefficient (Wildman–Crippen LogP) is 4.34. The fourth-order valence-electron chi connectivity index (χ4n) is 1.94. The van der Waals surface area contributed by atoms with Crippen LogP contribution < -0.4 is 9.47 Å². The van der Waals surface area contributed by atoms with Crippen molar-refractivity contribution in [1.29, 1.82) is 0 Å². The summed E-state index contributed by atoms with van der Waals surface area (Å²) >= 11 is 0. The number of nitrogens with zero attached hydrogens (tertiary/aromatic N) is 1. The van der Waals surface area contributed by atoms with Crippen molar-refractivity contribution in [2.24, 2.45) is 0 Å². The Hall–Kier alpha value is -3.01. The van der Waals surface area contributed by atoms with Crippen molar-refractivity contribution < 1.29 is 9.47 Å². The van der Waals surface area contributed by atoms with Crippen molar-refractivity contribution in [2.45, 2.75) is 6.42 Å². The van der Waals surface area contributed by atoms with Crippen LogP contribution in [0.3, 0.4) is 0 Å². The van der Waals surface area contributed by atoms with Crippen molar-refractivity contribution >= 4 is 0 Å². The molecule has 0 bridgehead atoms. The lowest BCUT2D eigenvalue weighted by Gasteiger charge is -2.04. The maximum absolute atomic E-state index is 5.80. The van der Waals surface area contributed by atoms with Gasteiger partial charge in [0.2, 0.25) is 0 Å². The van der Waals surface area contributed by atoms with Gasteiger partial charge in [-0.3, -0.25) is 5.10 Å². The van der Waals surface area contributed by atoms with Gasteiger partial charge in [-0.15, -0.1) is 0 Å². The van der Waals surface area contributed by atoms with E-state index >= 15 is 0 Å². The number of benzene rings is 2. The average Bonchev–Trinajstić information content (AvgIpc) is 3.01. The van der Waals surface area contributed by atoms with Crippen molar-refractivity contribution in [2.75, 3.05) is 0 Å². The second-order valence-corrected chi connectivity index (χ2v) is 4.62. The predicted molar refractivity (Wildman–Crippen MR) is 85.0 cm³/mol. The number of nitrogens with one attached hydrogen (secondary N) is 1. The summed E-state index contributed by atoms with van der Waals surface area (Å²) in [5, 5.41) is 7.03. The van der Waals surface area contributed by atoms with E-state index < -0.39 is 0 Å². The molecule has 0 aliphatic rings. The molecule has 0 saturated carbocycles. The van der Waals surface area contributed by atoms with Crippen molar-refractivity contribution in [3.63, 3.8) is 0 Å². The minimum absolute atomic E-state index is 0.624. The number of aromatic amines is 1. The van der Waals surface area contributed by atoms with Gasteiger partial charge in [0.1, 0.15) is 17.2 Å². The zero-order chi connectivity index (χ0) is 15.0. The molecule has 0 aliphatic heterocycles. The van der Waals surface area contributed by atoms with Crippen LogP contribution >= 0.6 is 0 Å². The lowest BCUT2D eigenvalue weighted by molar-refractivity contribution is 0.473. The van der Waals surface area contributed by atoms with Gasteiger partial charge in [0.25, 0.3) is 0 Å². The third-order valence-electron chi connectivity index (χ3n) is 3.01. The number of aromatic nitrogens is 2. The number of ether oxygens (including phenoxy) is 2. The molecule has 2 aromatic carbocycles. The third-order valence-corrected chi connectivity index (χ3v) is 3.01. The highest BCUT2D eigenvalue weighted by Gasteiger charge is 2.06. The molecule has 0 spiro atoms. The van der Waals surface area contributed by atoms with Crippen LogP contribution in [0.5, 0.6) is 17.2 Å². The minimum Gasteiger partial charge on any atom is -0.465 e. The van der Waals surface area contributed by atoms with Crippen LogP contribution in [0, 0.1) is 0 Å². The first kappa shape index (κ1) is 13.9. The highest BCUT2D eigenvalue weighted by Crippen LogP contribution is 2.23. The largest absolute Gasteiger partial charge is 0.465 e. The summed E-state index contributed by atoms with van der Waals surface area (Å²) in [4.78, 5) is 0. The number of allylic oxidation sites excluding steroid dienone is 1. The molecule has 3 rings (SSSR count). The molecule has 3 aromatic rings. The summed E-state index contributed by atoms with van der Waals surface area (Å²) in [5.74, 6) is 2.31. The van der Waals surface area contributed by atoms with Crippen LogP contribution in [0.4, 0.5) is 0 Å². The minimum atomic E-state index is 0.624. The van der Waals surface area contributed by atoms with Crippen molar-refractivity contribution in [3.05, 3.63) is 84.9 Å². The van der Waals surface area contributed by atoms with E-state index in [2.05, 4.69) is 10.2 Å². The molecular formula is C18H16N2O2. The molecule has 0 unspecified atom stereocenters. The molecule has 0 atom stereocenters. The Labute approximate surface area is 129 Å². The van der Waals surface area contributed by atoms with Gasteiger partial charge in [0.05, 0.1) is 12.5 Å². The van der Waals surface area contributed by atoms with Gasteiger partial charge in [0, 0.05) is 6.42 Å². The summed E-state index contributed by atoms with van der Waals surface area (Å²) in [6.45, 7) is 0. The fourth-order valence-corrected chi connectivity index (χ4v) is 1.94. The Kier molecular flexibility index (Phi) is 4.52. The number of hydrogen-bond acceptors (Lipinski definition) is 3. The average molecular weight is 292 g/mol. The Morgan fingerprint density at radius 1 is 0.909 bits per heavy atom. The van der Waals surface area contributed by atoms with E-state index in [-0.39, 0.29) is 0 Å². The summed E-state index contributed by atoms with van der Waals surface area (Å²) in [6.07, 6.45) is 5.93. The zero-order valence-corrected chi connectivity index (χ0v) is 12.0. The van der Waals surface area contributed by atoms with Gasteiger partial charge in [-0.05, 0) is 30.3 Å². The van der Waals surface area contributed by atoms with Crippen LogP contribution in [-0.4, -0.2) is 10.2 Å². The lowest BCUT2D eigenvalue weighted by atomic mass is 10.3. The summed E-state index contributed by atoms with van der Waals surface area (Å²) in [5.41, 5.74) is 0.830. The lowest BCUT2D eigenvalue weighted by Crippen LogP contribution is -1.89. The molecule has 22 heavy (non-hydrogen) atoms. The third kappa shape index (κ3) is 3.76. The number of hydrogen-bond donors (Lipinski definition) is 1. The first-order valence-corrected chi connectivity index (χ1v) is 7.04. The Balaban J connectivity index is 1.58. The molecule has 0 amide bonds. The first-order valence-electron chi connectivity index (χ1n) is 7.04. The molecule has 0 saturated heterocycles. The van der Waals surface area contributed by atoms with Crippen LogP contribution in [0.25, 0.3) is 0 Å². The normalized spacial score (nSPS) is 10.7. The van der Waals surface area contributed by atoms with Crippen molar-refractivity contribution in [3.8, 4) is 17.2 Å². The first-order chi connectivity index (χ1) is 10.9. The van der Waals surface area contributed by atoms with Crippen LogP contribution in [0.1, 0.15) is 5.69 Å². The van der Waals surface area contributed by atoms with Gasteiger partial charge in [-0.1, -0.05) is 36.4 Å². The molecule has 1 N–H and O–H groups in total. The summed E-state index contributed by atoms with van der Waals surface area (Å²) < 4.78 is 11.3. The molecule has 0 fully saturated rings. The highest BCUT2D eigenvalue weighted by atomic mass is 16.5. The molecule has 1 heterocycles. The monoisotopic (exact) mass is 292 g/mol. The smallest absolute Gasteiger partial charge is 0.168 e. The Morgan fingerprint density at radius 2 is 1.59 bits per heavy atom. The second-order valence-electron chi connectivity index (χ2n) is 4.62. The van der Waals surface area contributed by atoms with Gasteiger partial charge < -0.3 is 9.47 Å². The van der Waals surface area contributed by atoms with Crippen LogP contribution in [0.2, 0.25) is 0 Å². The molecule has 110 valence electrons. The van der Waals surface area contributed by atoms with E-state index in [1.807, 2.05) is 66.7 Å². The van der Waals surface area contributed by atoms with E-state index in [9.17, 15) is 0 Å². The molecule has 0 aliphatic carbocycles. The van der Waals surface area contributed by atoms with Crippen LogP contribution in [-0.2, 0) is 6.42 Å². The van der Waals surface area contributed by atoms with E-state index in [1.165, 1.54) is 0 Å². The van der Waals surface area contributed by atoms with E-state index in [0.717, 1.165) is 22.9 Å². The number of para-hydroxylation sites is 2. The topological polar surface area (TPSA) is 47.1 Å². The second kappa shape index (κ2) is 7.13. The zero-order valence-electron chi connectivity index (χ0n) is 12.0. The Morgan fingerprint density at radius 3 is 2.32 bits per heavy atom. The van der Waals surface area contributed by atoms with Gasteiger partial charge in [0.15, 0.2) is 5.75 Å². The van der Waals surface area contributed by atoms with E-state index in [0.29, 0.717) is 6.42 Å². The van der Waals surface area contributed by atoms with Crippen LogP contribution in [0.15, 0.2) is 79.2 Å². The molecule has 0 radical (unpaired) electrons. The molecule has 4 nitrogen and oxygen atoms in total. The maximum Gasteiger partial charge on any atom is 0.168 e. The van der Waals surface area contributed by atoms with Gasteiger partial charge in [-0.2, -0.15) is 5.10 Å². The summed E-state index contributed by atoms with van der Waals surface area (Å²) in [7, 11) is 0. The molecule has 1 aromatic heterocycles. The fraction of sp³-hybridized carbons (Fsp3) is 0.0556. The summed E-state index contributed by atoms with van der Waals surface area (Å²) in [6, 6.07) is 19.3. The van der Waals surface area contributed by atoms with Gasteiger partial charge >= 0.3 is 0 Å². The SMILES string of the molecule is C(=COc1ccccc1)Cc1n[nH]cc1Oc1ccccc1. The Bertz CT molecular complexity index is 721. The van der Waals surface area contributed by atoms with Gasteiger partial charge in [-0.25, -0.2) is 0 Å². The molecule has 4 heteroatoms. The number of H-pyrrole nitrogens is 1. The standard InChI is InChI=1S/C18H16N2O2/c1-3-8-15(9-4-1)21-13-7-12-17-18(14-19-20-17)22-16-10-5-2-6-11-16/h1-11,13-14H,12H2,(H,19,20). The number of rotatable bonds is 6.